The van der Waals surface area contributed by atoms with Crippen molar-refractivity contribution in [3.05, 3.63) is 52.2 Å². The van der Waals surface area contributed by atoms with Crippen molar-refractivity contribution in [2.45, 2.75) is 12.8 Å². The molecule has 0 radical (unpaired) electrons. The van der Waals surface area contributed by atoms with E-state index in [0.717, 1.165) is 12.8 Å². The second-order valence-corrected chi connectivity index (χ2v) is 7.89. The number of nitrogens with zero attached hydrogens (tertiary/aromatic N) is 5. The summed E-state index contributed by atoms with van der Waals surface area (Å²) in [7, 11) is 1.31. The number of benzene rings is 1. The summed E-state index contributed by atoms with van der Waals surface area (Å²) in [5.74, 6) is 0.819. The van der Waals surface area contributed by atoms with Crippen molar-refractivity contribution in [3.63, 3.8) is 0 Å². The van der Waals surface area contributed by atoms with E-state index in [0.29, 0.717) is 47.2 Å². The van der Waals surface area contributed by atoms with E-state index in [1.54, 1.807) is 28.9 Å². The van der Waals surface area contributed by atoms with Gasteiger partial charge in [0.1, 0.15) is 11.3 Å². The van der Waals surface area contributed by atoms with Crippen molar-refractivity contribution in [3.8, 4) is 11.4 Å². The topological polar surface area (TPSA) is 120 Å². The standard InChI is InChI=1S/C21H19N5O5/c1-31-21(28)15-8-17-20(24-9-13-2-3-14(10-24)18(13)27)22-19(23-25(17)11-15)12-4-6-16(7-5-12)26(29)30/h4-8,11,13-14H,2-3,9-10H2,1H3. The fraction of sp³-hybridized carbons (Fsp3) is 0.333. The molecular weight excluding hydrogens is 402 g/mol. The maximum atomic E-state index is 12.4. The first-order valence-electron chi connectivity index (χ1n) is 9.97. The van der Waals surface area contributed by atoms with Gasteiger partial charge in [-0.25, -0.2) is 14.3 Å². The molecule has 1 saturated carbocycles. The van der Waals surface area contributed by atoms with Crippen LogP contribution in [0.25, 0.3) is 16.9 Å². The van der Waals surface area contributed by atoms with Crippen LogP contribution in [-0.4, -0.2) is 51.5 Å². The van der Waals surface area contributed by atoms with Gasteiger partial charge in [-0.05, 0) is 31.0 Å². The molecule has 0 amide bonds. The summed E-state index contributed by atoms with van der Waals surface area (Å²) in [6.07, 6.45) is 3.33. The first-order chi connectivity index (χ1) is 14.9. The molecule has 2 atom stereocenters. The molecule has 2 aromatic heterocycles. The minimum atomic E-state index is -0.484. The predicted octanol–water partition coefficient (Wildman–Crippen LogP) is 2.51. The van der Waals surface area contributed by atoms with Crippen LogP contribution in [0.3, 0.4) is 0 Å². The third kappa shape index (κ3) is 3.20. The molecular formula is C21H19N5O5. The third-order valence-corrected chi connectivity index (χ3v) is 6.05. The van der Waals surface area contributed by atoms with E-state index in [2.05, 4.69) is 10.00 Å². The van der Waals surface area contributed by atoms with Crippen LogP contribution in [0.4, 0.5) is 11.5 Å². The van der Waals surface area contributed by atoms with Crippen molar-refractivity contribution in [2.24, 2.45) is 11.8 Å². The summed E-state index contributed by atoms with van der Waals surface area (Å²) in [4.78, 5) is 41.8. The van der Waals surface area contributed by atoms with Gasteiger partial charge in [-0.2, -0.15) is 0 Å². The summed E-state index contributed by atoms with van der Waals surface area (Å²) in [6.45, 7) is 1.14. The van der Waals surface area contributed by atoms with E-state index in [-0.39, 0.29) is 17.5 Å². The minimum absolute atomic E-state index is 0.00775. The maximum Gasteiger partial charge on any atom is 0.339 e. The van der Waals surface area contributed by atoms with Gasteiger partial charge in [-0.3, -0.25) is 14.9 Å². The second kappa shape index (κ2) is 7.15. The number of fused-ring (bicyclic) bond motifs is 3. The average Bonchev–Trinajstić information content (AvgIpc) is 3.28. The van der Waals surface area contributed by atoms with E-state index < -0.39 is 10.9 Å². The quantitative estimate of drug-likeness (QED) is 0.358. The van der Waals surface area contributed by atoms with Gasteiger partial charge >= 0.3 is 5.97 Å². The predicted molar refractivity (Wildman–Crippen MR) is 110 cm³/mol. The number of Topliss-reactive ketones (excluding diaryl/α,β-unsaturated/α-hetero) is 1. The van der Waals surface area contributed by atoms with Crippen molar-refractivity contribution < 1.29 is 19.2 Å². The summed E-state index contributed by atoms with van der Waals surface area (Å²) in [5, 5.41) is 15.5. The molecule has 0 spiro atoms. The zero-order valence-corrected chi connectivity index (χ0v) is 16.7. The maximum absolute atomic E-state index is 12.4. The number of anilines is 1. The molecule has 1 aliphatic heterocycles. The van der Waals surface area contributed by atoms with Crippen LogP contribution in [0.2, 0.25) is 0 Å². The van der Waals surface area contributed by atoms with Crippen LogP contribution in [-0.2, 0) is 9.53 Å². The molecule has 3 heterocycles. The Hall–Kier alpha value is -3.82. The molecule has 158 valence electrons. The number of piperidine rings is 1. The number of carbonyl (C=O) groups is 2. The van der Waals surface area contributed by atoms with Gasteiger partial charge in [0.25, 0.3) is 5.69 Å². The lowest BCUT2D eigenvalue weighted by Crippen LogP contribution is -2.43. The Morgan fingerprint density at radius 2 is 1.87 bits per heavy atom. The molecule has 10 heteroatoms. The van der Waals surface area contributed by atoms with E-state index >= 15 is 0 Å². The number of methoxy groups -OCH3 is 1. The van der Waals surface area contributed by atoms with Crippen LogP contribution in [0, 0.1) is 22.0 Å². The largest absolute Gasteiger partial charge is 0.465 e. The Bertz CT molecular complexity index is 1200. The zero-order chi connectivity index (χ0) is 21.7. The summed E-state index contributed by atoms with van der Waals surface area (Å²) < 4.78 is 6.41. The minimum Gasteiger partial charge on any atom is -0.465 e. The number of nitro benzene ring substituents is 1. The van der Waals surface area contributed by atoms with Crippen molar-refractivity contribution in [1.82, 2.24) is 14.6 Å². The molecule has 5 rings (SSSR count). The van der Waals surface area contributed by atoms with Gasteiger partial charge in [0.05, 0.1) is 17.6 Å². The summed E-state index contributed by atoms with van der Waals surface area (Å²) in [6, 6.07) is 7.67. The van der Waals surface area contributed by atoms with Gasteiger partial charge in [0, 0.05) is 48.8 Å². The Balaban J connectivity index is 1.63. The van der Waals surface area contributed by atoms with E-state index in [9.17, 15) is 19.7 Å². The summed E-state index contributed by atoms with van der Waals surface area (Å²) in [5.41, 5.74) is 1.57. The lowest BCUT2D eigenvalue weighted by Gasteiger charge is -2.32. The van der Waals surface area contributed by atoms with Crippen LogP contribution in [0.5, 0.6) is 0 Å². The summed E-state index contributed by atoms with van der Waals surface area (Å²) >= 11 is 0. The number of hydrogen-bond donors (Lipinski definition) is 0. The zero-order valence-electron chi connectivity index (χ0n) is 16.7. The van der Waals surface area contributed by atoms with E-state index in [1.165, 1.54) is 19.2 Å². The number of carbonyl (C=O) groups excluding carboxylic acids is 2. The number of nitro groups is 1. The molecule has 1 aromatic carbocycles. The molecule has 2 unspecified atom stereocenters. The molecule has 2 aliphatic rings. The lowest BCUT2D eigenvalue weighted by atomic mass is 9.97. The molecule has 1 aliphatic carbocycles. The number of hydrogen-bond acceptors (Lipinski definition) is 8. The first-order valence-corrected chi connectivity index (χ1v) is 9.97. The average molecular weight is 421 g/mol. The fourth-order valence-corrected chi connectivity index (χ4v) is 4.46. The Morgan fingerprint density at radius 1 is 1.19 bits per heavy atom. The highest BCUT2D eigenvalue weighted by Gasteiger charge is 2.41. The fourth-order valence-electron chi connectivity index (χ4n) is 4.46. The van der Waals surface area contributed by atoms with Crippen LogP contribution in [0.1, 0.15) is 23.2 Å². The Labute approximate surface area is 176 Å². The number of non-ortho nitro benzene ring substituents is 1. The molecule has 2 bridgehead atoms. The normalized spacial score (nSPS) is 20.3. The van der Waals surface area contributed by atoms with Gasteiger partial charge in [0.2, 0.25) is 0 Å². The molecule has 31 heavy (non-hydrogen) atoms. The highest BCUT2D eigenvalue weighted by molar-refractivity contribution is 5.93. The lowest BCUT2D eigenvalue weighted by molar-refractivity contribution is -0.384. The van der Waals surface area contributed by atoms with Crippen LogP contribution < -0.4 is 4.90 Å². The van der Waals surface area contributed by atoms with Gasteiger partial charge in [0.15, 0.2) is 11.6 Å². The van der Waals surface area contributed by atoms with Crippen molar-refractivity contribution >= 4 is 28.8 Å². The molecule has 3 aromatic rings. The van der Waals surface area contributed by atoms with Crippen molar-refractivity contribution in [2.75, 3.05) is 25.1 Å². The smallest absolute Gasteiger partial charge is 0.339 e. The highest BCUT2D eigenvalue weighted by Crippen LogP contribution is 2.37. The van der Waals surface area contributed by atoms with Crippen LogP contribution in [0.15, 0.2) is 36.5 Å². The third-order valence-electron chi connectivity index (χ3n) is 6.05. The second-order valence-electron chi connectivity index (χ2n) is 7.89. The molecule has 10 nitrogen and oxygen atoms in total. The van der Waals surface area contributed by atoms with Crippen LogP contribution >= 0.6 is 0 Å². The Kier molecular flexibility index (Phi) is 4.42. The number of ether oxygens (including phenoxy) is 1. The number of esters is 1. The van der Waals surface area contributed by atoms with Gasteiger partial charge < -0.3 is 9.64 Å². The van der Waals surface area contributed by atoms with Gasteiger partial charge in [-0.15, -0.1) is 5.10 Å². The first kappa shape index (κ1) is 19.2. The molecule has 1 saturated heterocycles. The van der Waals surface area contributed by atoms with E-state index in [4.69, 9.17) is 9.72 Å². The Morgan fingerprint density at radius 3 is 2.48 bits per heavy atom. The van der Waals surface area contributed by atoms with Gasteiger partial charge in [-0.1, -0.05) is 0 Å². The number of aromatic nitrogens is 3. The highest BCUT2D eigenvalue weighted by atomic mass is 16.6. The molecule has 2 fully saturated rings. The number of rotatable bonds is 4. The monoisotopic (exact) mass is 421 g/mol. The molecule has 0 N–H and O–H groups in total. The number of ketones is 1. The van der Waals surface area contributed by atoms with E-state index in [1.807, 2.05) is 0 Å². The SMILES string of the molecule is COC(=O)c1cc2c(N3CC4CCC(C3)C4=O)nc(-c3ccc([N+](=O)[O-])cc3)nn2c1. The van der Waals surface area contributed by atoms with Crippen molar-refractivity contribution in [1.29, 1.82) is 0 Å².